The molecule has 1 saturated carbocycles. The Labute approximate surface area is 146 Å². The zero-order valence-electron chi connectivity index (χ0n) is 15.0. The second-order valence-electron chi connectivity index (χ2n) is 6.86. The molecule has 1 heterocycles. The van der Waals surface area contributed by atoms with Crippen molar-refractivity contribution < 1.29 is 4.18 Å². The first kappa shape index (κ1) is 19.0. The van der Waals surface area contributed by atoms with Gasteiger partial charge in [0.25, 0.3) is 0 Å². The van der Waals surface area contributed by atoms with Gasteiger partial charge in [-0.25, -0.2) is 0 Å². The number of likely N-dealkylation sites (N-methyl/N-ethyl adjacent to an activating group) is 1. The van der Waals surface area contributed by atoms with Gasteiger partial charge in [0.05, 0.1) is 6.61 Å². The molecule has 2 fully saturated rings. The fraction of sp³-hybridized carbons (Fsp3) is 0.833. The standard InChI is InChI=1S/C18H33N3OS/c1-4-5-6-10-20-11-16(14-22-23-3)12-21-13-17-8-7-9-18(17,15-21)19-2/h5-6,10,16-17,19H,4,7-9,11-15H2,1-3H3/b6-5-,20-10?/t16?,17-,18-/m0/s1. The van der Waals surface area contributed by atoms with E-state index in [1.165, 1.54) is 44.4 Å². The fourth-order valence-corrected chi connectivity index (χ4v) is 4.43. The van der Waals surface area contributed by atoms with E-state index < -0.39 is 0 Å². The number of hydrogen-bond donors (Lipinski definition) is 1. The molecule has 0 radical (unpaired) electrons. The molecule has 1 aliphatic carbocycles. The maximum atomic E-state index is 5.61. The molecule has 0 aromatic carbocycles. The maximum Gasteiger partial charge on any atom is 0.0671 e. The van der Waals surface area contributed by atoms with E-state index >= 15 is 0 Å². The van der Waals surface area contributed by atoms with Crippen LogP contribution < -0.4 is 5.32 Å². The van der Waals surface area contributed by atoms with Gasteiger partial charge >= 0.3 is 0 Å². The van der Waals surface area contributed by atoms with Gasteiger partial charge in [-0.3, -0.25) is 4.99 Å². The average Bonchev–Trinajstić information content (AvgIpc) is 3.09. The lowest BCUT2D eigenvalue weighted by molar-refractivity contribution is 0.204. The molecule has 4 nitrogen and oxygen atoms in total. The molecular weight excluding hydrogens is 306 g/mol. The van der Waals surface area contributed by atoms with E-state index in [0.717, 1.165) is 32.0 Å². The van der Waals surface area contributed by atoms with E-state index in [0.29, 0.717) is 11.5 Å². The highest BCUT2D eigenvalue weighted by Crippen LogP contribution is 2.41. The summed E-state index contributed by atoms with van der Waals surface area (Å²) in [6, 6.07) is 0. The molecule has 0 bridgehead atoms. The van der Waals surface area contributed by atoms with Crippen LogP contribution in [0.2, 0.25) is 0 Å². The summed E-state index contributed by atoms with van der Waals surface area (Å²) in [5, 5.41) is 3.64. The minimum absolute atomic E-state index is 0.373. The van der Waals surface area contributed by atoms with Crippen LogP contribution in [0.25, 0.3) is 0 Å². The van der Waals surface area contributed by atoms with Crippen molar-refractivity contribution in [2.24, 2.45) is 16.8 Å². The molecule has 2 rings (SSSR count). The Kier molecular flexibility index (Phi) is 8.10. The van der Waals surface area contributed by atoms with Crippen LogP contribution in [0.15, 0.2) is 17.1 Å². The largest absolute Gasteiger partial charge is 0.315 e. The Morgan fingerprint density at radius 2 is 2.39 bits per heavy atom. The molecule has 132 valence electrons. The molecular formula is C18H33N3OS. The molecule has 0 amide bonds. The number of nitrogens with one attached hydrogen (secondary N) is 1. The molecule has 0 aromatic rings. The van der Waals surface area contributed by atoms with Gasteiger partial charge in [0.15, 0.2) is 0 Å². The van der Waals surface area contributed by atoms with E-state index in [2.05, 4.69) is 35.3 Å². The van der Waals surface area contributed by atoms with Gasteiger partial charge in [-0.15, -0.1) is 0 Å². The van der Waals surface area contributed by atoms with Crippen molar-refractivity contribution in [1.82, 2.24) is 10.2 Å². The first-order valence-electron chi connectivity index (χ1n) is 8.96. The summed E-state index contributed by atoms with van der Waals surface area (Å²) in [5.74, 6) is 1.30. The number of aliphatic imine (C=N–C) groups is 1. The van der Waals surface area contributed by atoms with Crippen LogP contribution in [0.1, 0.15) is 32.6 Å². The number of allylic oxidation sites excluding steroid dienone is 2. The molecule has 1 saturated heterocycles. The molecule has 0 spiro atoms. The maximum absolute atomic E-state index is 5.61. The van der Waals surface area contributed by atoms with Crippen molar-refractivity contribution in [2.75, 3.05) is 46.1 Å². The average molecular weight is 340 g/mol. The van der Waals surface area contributed by atoms with Gasteiger partial charge in [-0.2, -0.15) is 0 Å². The Bertz CT molecular complexity index is 402. The van der Waals surface area contributed by atoms with Crippen LogP contribution >= 0.6 is 12.0 Å². The van der Waals surface area contributed by atoms with Crippen molar-refractivity contribution in [1.29, 1.82) is 0 Å². The van der Waals surface area contributed by atoms with Crippen LogP contribution in [-0.2, 0) is 4.18 Å². The summed E-state index contributed by atoms with van der Waals surface area (Å²) >= 11 is 1.46. The van der Waals surface area contributed by atoms with Crippen LogP contribution in [0, 0.1) is 11.8 Å². The molecule has 3 atom stereocenters. The van der Waals surface area contributed by atoms with E-state index in [4.69, 9.17) is 4.18 Å². The highest BCUT2D eigenvalue weighted by molar-refractivity contribution is 7.93. The van der Waals surface area contributed by atoms with E-state index in [1.54, 1.807) is 0 Å². The van der Waals surface area contributed by atoms with Crippen molar-refractivity contribution in [2.45, 2.75) is 38.1 Å². The highest BCUT2D eigenvalue weighted by Gasteiger charge is 2.48. The molecule has 5 heteroatoms. The third-order valence-corrected chi connectivity index (χ3v) is 5.68. The fourth-order valence-electron chi connectivity index (χ4n) is 4.10. The topological polar surface area (TPSA) is 36.9 Å². The Morgan fingerprint density at radius 3 is 3.09 bits per heavy atom. The second-order valence-corrected chi connectivity index (χ2v) is 7.43. The van der Waals surface area contributed by atoms with Crippen LogP contribution in [-0.4, -0.2) is 62.7 Å². The lowest BCUT2D eigenvalue weighted by Gasteiger charge is -2.29. The Balaban J connectivity index is 1.85. The Morgan fingerprint density at radius 1 is 1.52 bits per heavy atom. The molecule has 1 unspecified atom stereocenters. The van der Waals surface area contributed by atoms with Crippen molar-refractivity contribution in [3.05, 3.63) is 12.2 Å². The van der Waals surface area contributed by atoms with Gasteiger partial charge in [-0.1, -0.05) is 19.4 Å². The summed E-state index contributed by atoms with van der Waals surface area (Å²) in [6.07, 6.45) is 13.3. The minimum atomic E-state index is 0.373. The monoisotopic (exact) mass is 339 g/mol. The zero-order chi connectivity index (χ0) is 16.5. The van der Waals surface area contributed by atoms with Crippen molar-refractivity contribution in [3.63, 3.8) is 0 Å². The number of hydrogen-bond acceptors (Lipinski definition) is 5. The van der Waals surface area contributed by atoms with E-state index in [-0.39, 0.29) is 0 Å². The summed E-state index contributed by atoms with van der Waals surface area (Å²) < 4.78 is 5.61. The second kappa shape index (κ2) is 9.82. The first-order valence-corrected chi connectivity index (χ1v) is 10.1. The van der Waals surface area contributed by atoms with E-state index in [1.807, 2.05) is 18.5 Å². The van der Waals surface area contributed by atoms with Crippen molar-refractivity contribution >= 4 is 18.3 Å². The number of fused-ring (bicyclic) bond motifs is 1. The molecule has 1 aliphatic heterocycles. The van der Waals surface area contributed by atoms with Crippen LogP contribution in [0.4, 0.5) is 0 Å². The predicted molar refractivity (Wildman–Crippen MR) is 101 cm³/mol. The van der Waals surface area contributed by atoms with Crippen molar-refractivity contribution in [3.8, 4) is 0 Å². The number of nitrogens with zero attached hydrogens (tertiary/aromatic N) is 2. The van der Waals surface area contributed by atoms with Crippen LogP contribution in [0.5, 0.6) is 0 Å². The highest BCUT2D eigenvalue weighted by atomic mass is 32.2. The van der Waals surface area contributed by atoms with Gasteiger partial charge in [0, 0.05) is 50.1 Å². The summed E-state index contributed by atoms with van der Waals surface area (Å²) in [6.45, 7) is 7.28. The first-order chi connectivity index (χ1) is 11.2. The normalized spacial score (nSPS) is 29.8. The predicted octanol–water partition coefficient (Wildman–Crippen LogP) is 3.01. The minimum Gasteiger partial charge on any atom is -0.315 e. The quantitative estimate of drug-likeness (QED) is 0.490. The van der Waals surface area contributed by atoms with E-state index in [9.17, 15) is 0 Å². The molecule has 0 aromatic heterocycles. The zero-order valence-corrected chi connectivity index (χ0v) is 15.8. The van der Waals surface area contributed by atoms with Gasteiger partial charge in [0.1, 0.15) is 0 Å². The number of likely N-dealkylation sites (tertiary alicyclic amines) is 1. The number of rotatable bonds is 10. The smallest absolute Gasteiger partial charge is 0.0671 e. The summed E-state index contributed by atoms with van der Waals surface area (Å²) in [7, 11) is 2.14. The van der Waals surface area contributed by atoms with Crippen LogP contribution in [0.3, 0.4) is 0 Å². The molecule has 23 heavy (non-hydrogen) atoms. The van der Waals surface area contributed by atoms with Gasteiger partial charge in [-0.05, 0) is 50.3 Å². The van der Waals surface area contributed by atoms with Gasteiger partial charge in [0.2, 0.25) is 0 Å². The third-order valence-electron chi connectivity index (χ3n) is 5.30. The third kappa shape index (κ3) is 5.31. The molecule has 2 aliphatic rings. The summed E-state index contributed by atoms with van der Waals surface area (Å²) in [4.78, 5) is 7.20. The summed E-state index contributed by atoms with van der Waals surface area (Å²) in [5.41, 5.74) is 0.373. The SMILES string of the molecule is CC/C=C\C=NCC(COSC)CN1C[C@@H]2CCC[C@]2(NC)C1. The van der Waals surface area contributed by atoms with Gasteiger partial charge < -0.3 is 14.4 Å². The lowest BCUT2D eigenvalue weighted by atomic mass is 9.91. The Hall–Kier alpha value is -0.360. The lowest BCUT2D eigenvalue weighted by Crippen LogP contribution is -2.47. The molecule has 1 N–H and O–H groups in total.